The number of rotatable bonds is 2. The summed E-state index contributed by atoms with van der Waals surface area (Å²) < 4.78 is 0. The second kappa shape index (κ2) is 5.54. The van der Waals surface area contributed by atoms with E-state index < -0.39 is 0 Å². The number of carbonyl (C=O) groups excluding carboxylic acids is 1. The summed E-state index contributed by atoms with van der Waals surface area (Å²) in [5, 5.41) is 3.56. The predicted molar refractivity (Wildman–Crippen MR) is 77.5 cm³/mol. The molecule has 0 spiro atoms. The van der Waals surface area contributed by atoms with Gasteiger partial charge < -0.3 is 5.32 Å². The van der Waals surface area contributed by atoms with Crippen LogP contribution in [0.3, 0.4) is 0 Å². The molecule has 0 radical (unpaired) electrons. The normalized spacial score (nSPS) is 27.2. The van der Waals surface area contributed by atoms with E-state index in [0.717, 1.165) is 11.3 Å². The first-order chi connectivity index (χ1) is 8.49. The first-order valence-corrected chi connectivity index (χ1v) is 7.11. The van der Waals surface area contributed by atoms with Gasteiger partial charge in [0, 0.05) is 10.9 Å². The molecule has 1 aliphatic rings. The molecule has 1 aromatic carbocycles. The van der Waals surface area contributed by atoms with Crippen LogP contribution < -0.4 is 5.32 Å². The number of thiol groups is 1. The highest BCUT2D eigenvalue weighted by Crippen LogP contribution is 2.31. The lowest BCUT2D eigenvalue weighted by Crippen LogP contribution is -2.37. The number of amides is 1. The summed E-state index contributed by atoms with van der Waals surface area (Å²) in [7, 11) is 0. The van der Waals surface area contributed by atoms with Crippen molar-refractivity contribution in [2.45, 2.75) is 37.6 Å². The molecule has 2 nitrogen and oxygen atoms in total. The first-order valence-electron chi connectivity index (χ1n) is 6.28. The van der Waals surface area contributed by atoms with E-state index in [1.165, 1.54) is 6.42 Å². The van der Waals surface area contributed by atoms with Gasteiger partial charge in [-0.15, -0.1) is 12.6 Å². The third-order valence-electron chi connectivity index (χ3n) is 3.98. The summed E-state index contributed by atoms with van der Waals surface area (Å²) in [6.07, 6.45) is 2.22. The van der Waals surface area contributed by atoms with Crippen LogP contribution in [-0.4, -0.2) is 11.9 Å². The van der Waals surface area contributed by atoms with E-state index in [9.17, 15) is 4.79 Å². The molecule has 1 aromatic rings. The zero-order chi connectivity index (χ0) is 13.3. The smallest absolute Gasteiger partial charge is 0.253 e. The molecule has 98 valence electrons. The first kappa shape index (κ1) is 13.8. The van der Waals surface area contributed by atoms with E-state index in [-0.39, 0.29) is 11.9 Å². The number of hydrogen-bond donors (Lipinski definition) is 2. The molecule has 0 aliphatic heterocycles. The quantitative estimate of drug-likeness (QED) is 0.795. The fourth-order valence-corrected chi connectivity index (χ4v) is 2.91. The molecule has 1 amide bonds. The highest BCUT2D eigenvalue weighted by atomic mass is 35.5. The van der Waals surface area contributed by atoms with Crippen molar-refractivity contribution in [2.75, 3.05) is 0 Å². The predicted octanol–water partition coefficient (Wildman–Crippen LogP) is 3.79. The van der Waals surface area contributed by atoms with Crippen molar-refractivity contribution >= 4 is 30.1 Å². The number of carbonyl (C=O) groups is 1. The molecular weight excluding hydrogens is 266 g/mol. The Morgan fingerprint density at radius 1 is 1.39 bits per heavy atom. The molecular formula is C14H18ClNOS. The molecule has 0 saturated heterocycles. The third kappa shape index (κ3) is 2.83. The number of benzene rings is 1. The molecule has 1 aliphatic carbocycles. The van der Waals surface area contributed by atoms with Crippen LogP contribution in [0, 0.1) is 11.8 Å². The summed E-state index contributed by atoms with van der Waals surface area (Å²) in [6.45, 7) is 4.43. The molecule has 4 heteroatoms. The van der Waals surface area contributed by atoms with Crippen molar-refractivity contribution in [1.29, 1.82) is 0 Å². The number of hydrogen-bond acceptors (Lipinski definition) is 2. The molecule has 0 aromatic heterocycles. The largest absolute Gasteiger partial charge is 0.349 e. The minimum Gasteiger partial charge on any atom is -0.349 e. The molecule has 2 rings (SSSR count). The van der Waals surface area contributed by atoms with Crippen LogP contribution in [0.4, 0.5) is 0 Å². The van der Waals surface area contributed by atoms with Gasteiger partial charge in [0.05, 0.1) is 10.6 Å². The summed E-state index contributed by atoms with van der Waals surface area (Å²) in [4.78, 5) is 12.9. The van der Waals surface area contributed by atoms with Crippen molar-refractivity contribution in [3.8, 4) is 0 Å². The Morgan fingerprint density at radius 3 is 2.72 bits per heavy atom. The highest BCUT2D eigenvalue weighted by molar-refractivity contribution is 7.80. The van der Waals surface area contributed by atoms with E-state index in [2.05, 4.69) is 31.8 Å². The molecule has 1 fully saturated rings. The van der Waals surface area contributed by atoms with Gasteiger partial charge in [-0.05, 0) is 42.9 Å². The van der Waals surface area contributed by atoms with Crippen LogP contribution in [0.5, 0.6) is 0 Å². The summed E-state index contributed by atoms with van der Waals surface area (Å²) >= 11 is 10.3. The fraction of sp³-hybridized carbons (Fsp3) is 0.500. The third-order valence-corrected chi connectivity index (χ3v) is 4.58. The Hall–Kier alpha value is -0.670. The zero-order valence-electron chi connectivity index (χ0n) is 10.6. The summed E-state index contributed by atoms with van der Waals surface area (Å²) in [5.41, 5.74) is 0.510. The molecule has 1 N–H and O–H groups in total. The van der Waals surface area contributed by atoms with E-state index in [4.69, 9.17) is 11.6 Å². The standard InChI is InChI=1S/C14H18ClNOS/c1-8-3-6-13(9(8)2)16-14(17)11-7-10(18)4-5-12(11)15/h4-5,7-9,13,18H,3,6H2,1-2H3,(H,16,17). The van der Waals surface area contributed by atoms with Crippen LogP contribution in [-0.2, 0) is 0 Å². The highest BCUT2D eigenvalue weighted by Gasteiger charge is 2.31. The molecule has 3 unspecified atom stereocenters. The summed E-state index contributed by atoms with van der Waals surface area (Å²) in [5.74, 6) is 1.09. The Balaban J connectivity index is 2.10. The van der Waals surface area contributed by atoms with Crippen molar-refractivity contribution in [1.82, 2.24) is 5.32 Å². The Morgan fingerprint density at radius 2 is 2.11 bits per heavy atom. The Kier molecular flexibility index (Phi) is 4.23. The van der Waals surface area contributed by atoms with Crippen LogP contribution in [0.2, 0.25) is 5.02 Å². The summed E-state index contributed by atoms with van der Waals surface area (Å²) in [6, 6.07) is 5.46. The number of halogens is 1. The average molecular weight is 284 g/mol. The number of nitrogens with one attached hydrogen (secondary N) is 1. The maximum absolute atomic E-state index is 12.2. The van der Waals surface area contributed by atoms with Gasteiger partial charge >= 0.3 is 0 Å². The van der Waals surface area contributed by atoms with Gasteiger partial charge in [0.15, 0.2) is 0 Å². The average Bonchev–Trinajstić information content (AvgIpc) is 2.64. The van der Waals surface area contributed by atoms with Crippen LogP contribution >= 0.6 is 24.2 Å². The lowest BCUT2D eigenvalue weighted by molar-refractivity contribution is 0.0927. The van der Waals surface area contributed by atoms with Gasteiger partial charge in [-0.2, -0.15) is 0 Å². The van der Waals surface area contributed by atoms with Crippen LogP contribution in [0.1, 0.15) is 37.0 Å². The van der Waals surface area contributed by atoms with Gasteiger partial charge in [0.2, 0.25) is 0 Å². The Bertz CT molecular complexity index is 463. The maximum atomic E-state index is 12.2. The van der Waals surface area contributed by atoms with Gasteiger partial charge in [-0.1, -0.05) is 25.4 Å². The SMILES string of the molecule is CC1CCC(NC(=O)c2cc(S)ccc2Cl)C1C. The van der Waals surface area contributed by atoms with E-state index in [1.807, 2.05) is 0 Å². The minimum absolute atomic E-state index is 0.0955. The van der Waals surface area contributed by atoms with E-state index in [1.54, 1.807) is 18.2 Å². The fourth-order valence-electron chi connectivity index (χ4n) is 2.50. The molecule has 3 atom stereocenters. The second-order valence-corrected chi connectivity index (χ2v) is 6.08. The molecule has 1 saturated carbocycles. The second-order valence-electron chi connectivity index (χ2n) is 5.16. The lowest BCUT2D eigenvalue weighted by Gasteiger charge is -2.20. The van der Waals surface area contributed by atoms with Crippen molar-refractivity contribution in [2.24, 2.45) is 11.8 Å². The van der Waals surface area contributed by atoms with Gasteiger partial charge in [-0.25, -0.2) is 0 Å². The monoisotopic (exact) mass is 283 g/mol. The van der Waals surface area contributed by atoms with Crippen LogP contribution in [0.25, 0.3) is 0 Å². The van der Waals surface area contributed by atoms with Crippen LogP contribution in [0.15, 0.2) is 23.1 Å². The van der Waals surface area contributed by atoms with Gasteiger partial charge in [0.25, 0.3) is 5.91 Å². The molecule has 18 heavy (non-hydrogen) atoms. The zero-order valence-corrected chi connectivity index (χ0v) is 12.3. The van der Waals surface area contributed by atoms with Crippen molar-refractivity contribution < 1.29 is 4.79 Å². The van der Waals surface area contributed by atoms with Gasteiger partial charge in [-0.3, -0.25) is 4.79 Å². The minimum atomic E-state index is -0.0955. The van der Waals surface area contributed by atoms with E-state index in [0.29, 0.717) is 22.4 Å². The Labute approximate surface area is 119 Å². The van der Waals surface area contributed by atoms with Crippen molar-refractivity contribution in [3.63, 3.8) is 0 Å². The van der Waals surface area contributed by atoms with Gasteiger partial charge in [0.1, 0.15) is 0 Å². The lowest BCUT2D eigenvalue weighted by atomic mass is 9.97. The van der Waals surface area contributed by atoms with Crippen molar-refractivity contribution in [3.05, 3.63) is 28.8 Å². The molecule has 0 heterocycles. The topological polar surface area (TPSA) is 29.1 Å². The maximum Gasteiger partial charge on any atom is 0.253 e. The van der Waals surface area contributed by atoms with E-state index >= 15 is 0 Å². The molecule has 0 bridgehead atoms.